The summed E-state index contributed by atoms with van der Waals surface area (Å²) in [5, 5.41) is 19.4. The van der Waals surface area contributed by atoms with E-state index in [9.17, 15) is 19.8 Å². The van der Waals surface area contributed by atoms with E-state index >= 15 is 0 Å². The van der Waals surface area contributed by atoms with Gasteiger partial charge in [0.05, 0.1) is 17.0 Å². The second kappa shape index (κ2) is 5.51. The zero-order valence-electron chi connectivity index (χ0n) is 11.3. The van der Waals surface area contributed by atoms with E-state index in [1.54, 1.807) is 6.92 Å². The largest absolute Gasteiger partial charge is 0.478 e. The molecule has 0 bridgehead atoms. The van der Waals surface area contributed by atoms with E-state index in [1.165, 1.54) is 0 Å². The smallest absolute Gasteiger partial charge is 0.338 e. The van der Waals surface area contributed by atoms with Crippen LogP contribution in [-0.2, 0) is 6.42 Å². The third-order valence-corrected chi connectivity index (χ3v) is 3.67. The highest BCUT2D eigenvalue weighted by molar-refractivity contribution is 5.98. The molecule has 1 aromatic heterocycles. The van der Waals surface area contributed by atoms with E-state index in [0.29, 0.717) is 36.8 Å². The van der Waals surface area contributed by atoms with Crippen molar-refractivity contribution in [3.63, 3.8) is 0 Å². The maximum absolute atomic E-state index is 11.2. The first-order chi connectivity index (χ1) is 9.50. The third-order valence-electron chi connectivity index (χ3n) is 3.67. The lowest BCUT2D eigenvalue weighted by Crippen LogP contribution is -2.20. The number of H-pyrrole nitrogens is 1. The van der Waals surface area contributed by atoms with Crippen molar-refractivity contribution < 1.29 is 19.8 Å². The minimum atomic E-state index is -1.15. The lowest BCUT2D eigenvalue weighted by Gasteiger charge is -2.12. The van der Waals surface area contributed by atoms with Gasteiger partial charge >= 0.3 is 5.97 Å². The number of carboxylic acids is 1. The van der Waals surface area contributed by atoms with Crippen LogP contribution in [0.25, 0.3) is 0 Å². The van der Waals surface area contributed by atoms with Crippen LogP contribution in [0.5, 0.6) is 0 Å². The highest BCUT2D eigenvalue weighted by Gasteiger charge is 2.29. The molecule has 0 unspecified atom stereocenters. The SMILES string of the molecule is CCc1c(C#CC2(O)CCCC2)[nH]c(C=O)c1C(=O)O. The van der Waals surface area contributed by atoms with Crippen molar-refractivity contribution in [2.75, 3.05) is 0 Å². The van der Waals surface area contributed by atoms with Gasteiger partial charge in [0.1, 0.15) is 5.60 Å². The monoisotopic (exact) mass is 275 g/mol. The Morgan fingerprint density at radius 2 is 2.10 bits per heavy atom. The topological polar surface area (TPSA) is 90.4 Å². The van der Waals surface area contributed by atoms with E-state index in [-0.39, 0.29) is 11.3 Å². The summed E-state index contributed by atoms with van der Waals surface area (Å²) in [6.45, 7) is 1.81. The average molecular weight is 275 g/mol. The van der Waals surface area contributed by atoms with Crippen LogP contribution in [-0.4, -0.2) is 33.1 Å². The summed E-state index contributed by atoms with van der Waals surface area (Å²) >= 11 is 0. The van der Waals surface area contributed by atoms with Gasteiger partial charge in [0.25, 0.3) is 0 Å². The molecule has 1 heterocycles. The van der Waals surface area contributed by atoms with E-state index in [0.717, 1.165) is 12.8 Å². The first-order valence-electron chi connectivity index (χ1n) is 6.69. The maximum atomic E-state index is 11.2. The van der Waals surface area contributed by atoms with E-state index in [4.69, 9.17) is 0 Å². The van der Waals surface area contributed by atoms with Crippen LogP contribution in [0, 0.1) is 11.8 Å². The van der Waals surface area contributed by atoms with Crippen LogP contribution < -0.4 is 0 Å². The van der Waals surface area contributed by atoms with Gasteiger partial charge in [-0.25, -0.2) is 4.79 Å². The van der Waals surface area contributed by atoms with Gasteiger partial charge in [0, 0.05) is 5.56 Å². The molecule has 20 heavy (non-hydrogen) atoms. The summed E-state index contributed by atoms with van der Waals surface area (Å²) in [7, 11) is 0. The minimum absolute atomic E-state index is 0.0230. The predicted molar refractivity (Wildman–Crippen MR) is 72.8 cm³/mol. The van der Waals surface area contributed by atoms with Crippen molar-refractivity contribution >= 4 is 12.3 Å². The Kier molecular flexibility index (Phi) is 3.96. The number of aromatic carboxylic acids is 1. The van der Waals surface area contributed by atoms with Gasteiger partial charge in [-0.3, -0.25) is 4.79 Å². The number of aliphatic hydroxyl groups is 1. The zero-order chi connectivity index (χ0) is 14.8. The van der Waals surface area contributed by atoms with Gasteiger partial charge in [0.2, 0.25) is 0 Å². The van der Waals surface area contributed by atoms with Crippen molar-refractivity contribution in [1.29, 1.82) is 0 Å². The van der Waals surface area contributed by atoms with Crippen molar-refractivity contribution in [1.82, 2.24) is 4.98 Å². The van der Waals surface area contributed by atoms with Gasteiger partial charge in [-0.1, -0.05) is 12.8 Å². The summed E-state index contributed by atoms with van der Waals surface area (Å²) < 4.78 is 0. The number of carbonyl (C=O) groups excluding carboxylic acids is 1. The molecule has 5 heteroatoms. The van der Waals surface area contributed by atoms with Crippen LogP contribution in [0.15, 0.2) is 0 Å². The van der Waals surface area contributed by atoms with Crippen LogP contribution in [0.3, 0.4) is 0 Å². The molecular formula is C15H17NO4. The molecule has 1 saturated carbocycles. The highest BCUT2D eigenvalue weighted by atomic mass is 16.4. The third kappa shape index (κ3) is 2.61. The van der Waals surface area contributed by atoms with Gasteiger partial charge in [0.15, 0.2) is 6.29 Å². The lowest BCUT2D eigenvalue weighted by molar-refractivity contribution is 0.0693. The zero-order valence-corrected chi connectivity index (χ0v) is 11.3. The standard InChI is InChI=1S/C15H17NO4/c1-2-10-11(5-8-15(20)6-3-4-7-15)16-12(9-17)13(10)14(18)19/h9,16,20H,2-4,6-7H2,1H3,(H,18,19). The molecule has 0 aliphatic heterocycles. The van der Waals surface area contributed by atoms with Crippen molar-refractivity contribution in [2.45, 2.75) is 44.6 Å². The first-order valence-corrected chi connectivity index (χ1v) is 6.69. The molecule has 0 atom stereocenters. The Bertz CT molecular complexity index is 597. The second-order valence-electron chi connectivity index (χ2n) is 5.03. The van der Waals surface area contributed by atoms with Gasteiger partial charge in [-0.15, -0.1) is 0 Å². The summed E-state index contributed by atoms with van der Waals surface area (Å²) in [5.41, 5.74) is -0.0655. The summed E-state index contributed by atoms with van der Waals surface area (Å²) in [6.07, 6.45) is 4.09. The molecule has 0 radical (unpaired) electrons. The number of hydrogen-bond donors (Lipinski definition) is 3. The molecule has 0 aromatic carbocycles. The molecule has 5 nitrogen and oxygen atoms in total. The number of rotatable bonds is 3. The fourth-order valence-electron chi connectivity index (χ4n) is 2.62. The highest BCUT2D eigenvalue weighted by Crippen LogP contribution is 2.29. The normalized spacial score (nSPS) is 16.5. The summed E-state index contributed by atoms with van der Waals surface area (Å²) in [5.74, 6) is 4.49. The van der Waals surface area contributed by atoms with Gasteiger partial charge < -0.3 is 15.2 Å². The van der Waals surface area contributed by atoms with E-state index in [1.807, 2.05) is 0 Å². The Hall–Kier alpha value is -2.06. The molecule has 1 aliphatic rings. The van der Waals surface area contributed by atoms with Crippen LogP contribution in [0.4, 0.5) is 0 Å². The predicted octanol–water partition coefficient (Wildman–Crippen LogP) is 1.74. The van der Waals surface area contributed by atoms with Crippen molar-refractivity contribution in [3.05, 3.63) is 22.5 Å². The second-order valence-corrected chi connectivity index (χ2v) is 5.03. The quantitative estimate of drug-likeness (QED) is 0.579. The summed E-state index contributed by atoms with van der Waals surface area (Å²) in [4.78, 5) is 24.9. The van der Waals surface area contributed by atoms with Crippen molar-refractivity contribution in [2.24, 2.45) is 0 Å². The van der Waals surface area contributed by atoms with Crippen LogP contribution in [0.1, 0.15) is 64.7 Å². The number of hydrogen-bond acceptors (Lipinski definition) is 3. The Balaban J connectivity index is 2.45. The number of aromatic nitrogens is 1. The van der Waals surface area contributed by atoms with Crippen molar-refractivity contribution in [3.8, 4) is 11.8 Å². The fourth-order valence-corrected chi connectivity index (χ4v) is 2.62. The molecule has 2 rings (SSSR count). The molecular weight excluding hydrogens is 258 g/mol. The summed E-state index contributed by atoms with van der Waals surface area (Å²) in [6, 6.07) is 0. The molecule has 1 aliphatic carbocycles. The van der Waals surface area contributed by atoms with E-state index < -0.39 is 11.6 Å². The Labute approximate surface area is 117 Å². The Morgan fingerprint density at radius 1 is 1.45 bits per heavy atom. The average Bonchev–Trinajstić information content (AvgIpc) is 3.00. The number of aromatic amines is 1. The number of carboxylic acid groups (broad SMARTS) is 1. The van der Waals surface area contributed by atoms with E-state index in [2.05, 4.69) is 16.8 Å². The number of nitrogens with one attached hydrogen (secondary N) is 1. The Morgan fingerprint density at radius 3 is 2.60 bits per heavy atom. The first kappa shape index (κ1) is 14.4. The maximum Gasteiger partial charge on any atom is 0.338 e. The molecule has 0 spiro atoms. The number of aldehydes is 1. The molecule has 0 saturated heterocycles. The molecule has 1 fully saturated rings. The molecule has 106 valence electrons. The van der Waals surface area contributed by atoms with Gasteiger partial charge in [-0.2, -0.15) is 0 Å². The van der Waals surface area contributed by atoms with Crippen LogP contribution in [0.2, 0.25) is 0 Å². The fraction of sp³-hybridized carbons (Fsp3) is 0.467. The minimum Gasteiger partial charge on any atom is -0.478 e. The molecule has 1 aromatic rings. The lowest BCUT2D eigenvalue weighted by atomic mass is 10.0. The van der Waals surface area contributed by atoms with Gasteiger partial charge in [-0.05, 0) is 38.0 Å². The number of carbonyl (C=O) groups is 2. The molecule has 0 amide bonds. The molecule has 3 N–H and O–H groups in total. The van der Waals surface area contributed by atoms with Crippen LogP contribution >= 0.6 is 0 Å².